The number of rotatable bonds is 3. The van der Waals surface area contributed by atoms with Crippen molar-refractivity contribution in [2.24, 2.45) is 0 Å². The van der Waals surface area contributed by atoms with Crippen LogP contribution >= 0.6 is 0 Å². The van der Waals surface area contributed by atoms with Gasteiger partial charge in [0, 0.05) is 13.1 Å². The van der Waals surface area contributed by atoms with Crippen molar-refractivity contribution >= 4 is 11.4 Å². The number of para-hydroxylation sites is 2. The van der Waals surface area contributed by atoms with Gasteiger partial charge in [0.1, 0.15) is 5.69 Å². The maximum Gasteiger partial charge on any atom is 0.294 e. The fourth-order valence-electron chi connectivity index (χ4n) is 1.40. The van der Waals surface area contributed by atoms with Crippen LogP contribution in [0, 0.1) is 10.1 Å². The van der Waals surface area contributed by atoms with E-state index < -0.39 is 4.92 Å². The van der Waals surface area contributed by atoms with Gasteiger partial charge in [0.25, 0.3) is 5.69 Å². The number of hydrogen-bond acceptors (Lipinski definition) is 4. The summed E-state index contributed by atoms with van der Waals surface area (Å²) in [5.74, 6) is 0. The maximum absolute atomic E-state index is 10.8. The van der Waals surface area contributed by atoms with Crippen molar-refractivity contribution in [3.8, 4) is 5.69 Å². The molecular formula is C10H10N4O2. The highest BCUT2D eigenvalue weighted by Crippen LogP contribution is 2.22. The van der Waals surface area contributed by atoms with Gasteiger partial charge in [0.05, 0.1) is 23.0 Å². The molecule has 0 spiro atoms. The van der Waals surface area contributed by atoms with E-state index in [0.29, 0.717) is 5.69 Å². The molecule has 0 bridgehead atoms. The minimum Gasteiger partial charge on any atom is -0.386 e. The molecule has 82 valence electrons. The van der Waals surface area contributed by atoms with Crippen molar-refractivity contribution in [3.05, 3.63) is 46.8 Å². The molecule has 2 aromatic rings. The highest BCUT2D eigenvalue weighted by atomic mass is 16.6. The van der Waals surface area contributed by atoms with Gasteiger partial charge >= 0.3 is 0 Å². The van der Waals surface area contributed by atoms with Gasteiger partial charge in [-0.05, 0) is 6.07 Å². The number of benzene rings is 1. The molecule has 1 aromatic heterocycles. The van der Waals surface area contributed by atoms with E-state index in [2.05, 4.69) is 10.4 Å². The lowest BCUT2D eigenvalue weighted by Gasteiger charge is -2.01. The molecule has 0 saturated carbocycles. The Morgan fingerprint density at radius 2 is 2.19 bits per heavy atom. The molecule has 0 unspecified atom stereocenters. The number of nitrogens with one attached hydrogen (secondary N) is 1. The standard InChI is InChI=1S/C10H10N4O2/c1-11-8-6-12-13(7-8)9-4-2-3-5-10(9)14(15)16/h2-7,11H,1H3. The van der Waals surface area contributed by atoms with Crippen molar-refractivity contribution in [1.82, 2.24) is 9.78 Å². The summed E-state index contributed by atoms with van der Waals surface area (Å²) in [6.07, 6.45) is 3.30. The zero-order valence-corrected chi connectivity index (χ0v) is 8.62. The first kappa shape index (κ1) is 10.2. The summed E-state index contributed by atoms with van der Waals surface area (Å²) in [5, 5.41) is 17.8. The Morgan fingerprint density at radius 1 is 1.44 bits per heavy atom. The predicted molar refractivity (Wildman–Crippen MR) is 59.8 cm³/mol. The van der Waals surface area contributed by atoms with Crippen molar-refractivity contribution in [2.45, 2.75) is 0 Å². The fourth-order valence-corrected chi connectivity index (χ4v) is 1.40. The lowest BCUT2D eigenvalue weighted by molar-refractivity contribution is -0.384. The van der Waals surface area contributed by atoms with E-state index in [1.165, 1.54) is 10.7 Å². The molecule has 0 radical (unpaired) electrons. The summed E-state index contributed by atoms with van der Waals surface area (Å²) in [6, 6.07) is 6.48. The Balaban J connectivity index is 2.50. The van der Waals surface area contributed by atoms with Crippen LogP contribution in [0.3, 0.4) is 0 Å². The quantitative estimate of drug-likeness (QED) is 0.630. The van der Waals surface area contributed by atoms with Crippen LogP contribution in [-0.4, -0.2) is 21.8 Å². The number of anilines is 1. The lowest BCUT2D eigenvalue weighted by atomic mass is 10.3. The van der Waals surface area contributed by atoms with Gasteiger partial charge in [-0.1, -0.05) is 12.1 Å². The molecule has 16 heavy (non-hydrogen) atoms. The van der Waals surface area contributed by atoms with Crippen LogP contribution < -0.4 is 5.32 Å². The number of hydrogen-bond donors (Lipinski definition) is 1. The number of nitro groups is 1. The highest BCUT2D eigenvalue weighted by Gasteiger charge is 2.14. The maximum atomic E-state index is 10.8. The van der Waals surface area contributed by atoms with Crippen molar-refractivity contribution in [3.63, 3.8) is 0 Å². The van der Waals surface area contributed by atoms with Crippen LogP contribution in [0.2, 0.25) is 0 Å². The number of nitrogens with zero attached hydrogens (tertiary/aromatic N) is 3. The van der Waals surface area contributed by atoms with Gasteiger partial charge in [-0.3, -0.25) is 10.1 Å². The zero-order chi connectivity index (χ0) is 11.5. The zero-order valence-electron chi connectivity index (χ0n) is 8.62. The molecule has 1 aromatic carbocycles. The third-order valence-corrected chi connectivity index (χ3v) is 2.20. The molecule has 0 amide bonds. The first-order chi connectivity index (χ1) is 7.72. The Bertz CT molecular complexity index is 521. The van der Waals surface area contributed by atoms with E-state index in [4.69, 9.17) is 0 Å². The first-order valence-corrected chi connectivity index (χ1v) is 4.68. The van der Waals surface area contributed by atoms with E-state index in [0.717, 1.165) is 5.69 Å². The van der Waals surface area contributed by atoms with E-state index in [9.17, 15) is 10.1 Å². The topological polar surface area (TPSA) is 73.0 Å². The van der Waals surface area contributed by atoms with Gasteiger partial charge < -0.3 is 5.32 Å². The normalized spacial score (nSPS) is 10.1. The van der Waals surface area contributed by atoms with E-state index in [-0.39, 0.29) is 5.69 Å². The van der Waals surface area contributed by atoms with Crippen LogP contribution in [0.4, 0.5) is 11.4 Å². The molecule has 2 rings (SSSR count). The third-order valence-electron chi connectivity index (χ3n) is 2.20. The number of nitro benzene ring substituents is 1. The third kappa shape index (κ3) is 1.72. The number of aromatic nitrogens is 2. The van der Waals surface area contributed by atoms with Gasteiger partial charge in [0.2, 0.25) is 0 Å². The van der Waals surface area contributed by atoms with Gasteiger partial charge in [-0.2, -0.15) is 5.10 Å². The molecule has 0 atom stereocenters. The Labute approximate surface area is 91.7 Å². The Hall–Kier alpha value is -2.37. The average molecular weight is 218 g/mol. The summed E-state index contributed by atoms with van der Waals surface area (Å²) in [7, 11) is 1.76. The second-order valence-corrected chi connectivity index (χ2v) is 3.17. The smallest absolute Gasteiger partial charge is 0.294 e. The van der Waals surface area contributed by atoms with E-state index in [1.54, 1.807) is 37.6 Å². The summed E-state index contributed by atoms with van der Waals surface area (Å²) in [4.78, 5) is 10.4. The summed E-state index contributed by atoms with van der Waals surface area (Å²) in [5.41, 5.74) is 1.29. The van der Waals surface area contributed by atoms with Crippen molar-refractivity contribution in [1.29, 1.82) is 0 Å². The van der Waals surface area contributed by atoms with Gasteiger partial charge in [-0.25, -0.2) is 4.68 Å². The van der Waals surface area contributed by atoms with E-state index in [1.807, 2.05) is 0 Å². The molecule has 0 aliphatic rings. The van der Waals surface area contributed by atoms with E-state index >= 15 is 0 Å². The second-order valence-electron chi connectivity index (χ2n) is 3.17. The molecule has 6 nitrogen and oxygen atoms in total. The van der Waals surface area contributed by atoms with Gasteiger partial charge in [0.15, 0.2) is 0 Å². The first-order valence-electron chi connectivity index (χ1n) is 4.68. The largest absolute Gasteiger partial charge is 0.386 e. The lowest BCUT2D eigenvalue weighted by Crippen LogP contribution is -1.99. The van der Waals surface area contributed by atoms with Crippen LogP contribution in [0.5, 0.6) is 0 Å². The molecule has 0 saturated heterocycles. The van der Waals surface area contributed by atoms with Crippen LogP contribution in [0.15, 0.2) is 36.7 Å². The summed E-state index contributed by atoms with van der Waals surface area (Å²) >= 11 is 0. The predicted octanol–water partition coefficient (Wildman–Crippen LogP) is 1.82. The van der Waals surface area contributed by atoms with Crippen LogP contribution in [-0.2, 0) is 0 Å². The molecule has 0 aliphatic carbocycles. The van der Waals surface area contributed by atoms with Crippen LogP contribution in [0.1, 0.15) is 0 Å². The average Bonchev–Trinajstić information content (AvgIpc) is 2.77. The molecular weight excluding hydrogens is 208 g/mol. The SMILES string of the molecule is CNc1cnn(-c2ccccc2[N+](=O)[O-])c1. The second kappa shape index (κ2) is 4.01. The molecule has 1 N–H and O–H groups in total. The molecule has 0 aliphatic heterocycles. The van der Waals surface area contributed by atoms with Crippen LogP contribution in [0.25, 0.3) is 5.69 Å². The summed E-state index contributed by atoms with van der Waals surface area (Å²) in [6.45, 7) is 0. The monoisotopic (exact) mass is 218 g/mol. The summed E-state index contributed by atoms with van der Waals surface area (Å²) < 4.78 is 1.48. The highest BCUT2D eigenvalue weighted by molar-refractivity contribution is 5.53. The molecule has 0 fully saturated rings. The minimum absolute atomic E-state index is 0.0354. The van der Waals surface area contributed by atoms with Crippen molar-refractivity contribution in [2.75, 3.05) is 12.4 Å². The molecule has 6 heteroatoms. The Morgan fingerprint density at radius 3 is 2.81 bits per heavy atom. The fraction of sp³-hybridized carbons (Fsp3) is 0.100. The van der Waals surface area contributed by atoms with Crippen molar-refractivity contribution < 1.29 is 4.92 Å². The van der Waals surface area contributed by atoms with Gasteiger partial charge in [-0.15, -0.1) is 0 Å². The minimum atomic E-state index is -0.421. The molecule has 1 heterocycles. The Kier molecular flexibility index (Phi) is 2.55.